The molecule has 0 saturated heterocycles. The molecule has 3 aromatic carbocycles. The van der Waals surface area contributed by atoms with Gasteiger partial charge in [-0.3, -0.25) is 4.79 Å². The number of carboxylic acids is 1. The first-order valence-corrected chi connectivity index (χ1v) is 13.0. The largest absolute Gasteiger partial charge is 0.479 e. The summed E-state index contributed by atoms with van der Waals surface area (Å²) in [6, 6.07) is 21.2. The smallest absolute Gasteiger partial charge is 0.344 e. The molecule has 0 aliphatic rings. The molecular formula is C31H35N3O4. The Morgan fingerprint density at radius 2 is 1.71 bits per heavy atom. The van der Waals surface area contributed by atoms with Crippen molar-refractivity contribution in [2.75, 3.05) is 0 Å². The summed E-state index contributed by atoms with van der Waals surface area (Å²) >= 11 is 0. The number of carbonyl (C=O) groups is 2. The van der Waals surface area contributed by atoms with E-state index < -0.39 is 12.1 Å². The van der Waals surface area contributed by atoms with Gasteiger partial charge in [-0.2, -0.15) is 0 Å². The van der Waals surface area contributed by atoms with E-state index in [1.807, 2.05) is 62.4 Å². The minimum Gasteiger partial charge on any atom is -0.479 e. The van der Waals surface area contributed by atoms with Crippen molar-refractivity contribution in [1.29, 1.82) is 0 Å². The highest BCUT2D eigenvalue weighted by molar-refractivity contribution is 5.97. The normalized spacial score (nSPS) is 12.9. The first kappa shape index (κ1) is 26.9. The fraction of sp³-hybridized carbons (Fsp3) is 0.323. The van der Waals surface area contributed by atoms with Crippen LogP contribution in [0.2, 0.25) is 0 Å². The first-order chi connectivity index (χ1) is 18.2. The number of hydrogen-bond donors (Lipinski definition) is 2. The number of rotatable bonds is 10. The number of amides is 1. The maximum Gasteiger partial charge on any atom is 0.344 e. The van der Waals surface area contributed by atoms with Crippen molar-refractivity contribution >= 4 is 22.9 Å². The predicted octanol–water partition coefficient (Wildman–Crippen LogP) is 6.11. The van der Waals surface area contributed by atoms with Crippen molar-refractivity contribution in [2.24, 2.45) is 0 Å². The number of imidazole rings is 1. The van der Waals surface area contributed by atoms with Crippen LogP contribution in [-0.4, -0.2) is 32.6 Å². The lowest BCUT2D eigenvalue weighted by Gasteiger charge is -2.16. The van der Waals surface area contributed by atoms with Gasteiger partial charge in [0.25, 0.3) is 5.91 Å². The van der Waals surface area contributed by atoms with Gasteiger partial charge in [-0.15, -0.1) is 0 Å². The third-order valence-electron chi connectivity index (χ3n) is 6.73. The third kappa shape index (κ3) is 6.05. The zero-order valence-electron chi connectivity index (χ0n) is 22.6. The number of benzene rings is 3. The van der Waals surface area contributed by atoms with Gasteiger partial charge in [0.15, 0.2) is 6.10 Å². The van der Waals surface area contributed by atoms with Crippen LogP contribution < -0.4 is 10.1 Å². The molecule has 0 spiro atoms. The van der Waals surface area contributed by atoms with E-state index in [0.717, 1.165) is 34.4 Å². The van der Waals surface area contributed by atoms with Gasteiger partial charge in [0.05, 0.1) is 17.1 Å². The second kappa shape index (κ2) is 11.5. The summed E-state index contributed by atoms with van der Waals surface area (Å²) in [6.07, 6.45) is -0.206. The summed E-state index contributed by atoms with van der Waals surface area (Å²) in [7, 11) is 0. The lowest BCUT2D eigenvalue weighted by molar-refractivity contribution is -0.144. The summed E-state index contributed by atoms with van der Waals surface area (Å²) in [5, 5.41) is 12.3. The number of fused-ring (bicyclic) bond motifs is 1. The molecule has 7 nitrogen and oxygen atoms in total. The number of nitrogens with zero attached hydrogens (tertiary/aromatic N) is 2. The maximum atomic E-state index is 13.1. The second-order valence-electron chi connectivity index (χ2n) is 9.94. The molecule has 0 radical (unpaired) electrons. The van der Waals surface area contributed by atoms with Crippen LogP contribution in [0.3, 0.4) is 0 Å². The summed E-state index contributed by atoms with van der Waals surface area (Å²) < 4.78 is 7.66. The van der Waals surface area contributed by atoms with Crippen LogP contribution in [-0.2, 0) is 17.8 Å². The van der Waals surface area contributed by atoms with Crippen LogP contribution >= 0.6 is 0 Å². The Kier molecular flexibility index (Phi) is 8.15. The monoisotopic (exact) mass is 513 g/mol. The molecule has 4 aromatic rings. The molecule has 0 unspecified atom stereocenters. The Bertz CT molecular complexity index is 1460. The van der Waals surface area contributed by atoms with E-state index in [4.69, 9.17) is 14.8 Å². The number of ether oxygens (including phenoxy) is 1. The lowest BCUT2D eigenvalue weighted by atomic mass is 9.98. The van der Waals surface area contributed by atoms with Crippen LogP contribution in [0, 0.1) is 0 Å². The molecule has 7 heteroatoms. The number of carbonyl (C=O) groups excluding carboxylic acids is 1. The van der Waals surface area contributed by atoms with E-state index in [2.05, 4.69) is 35.9 Å². The van der Waals surface area contributed by atoms with Crippen molar-refractivity contribution in [3.63, 3.8) is 0 Å². The second-order valence-corrected chi connectivity index (χ2v) is 9.94. The van der Waals surface area contributed by atoms with E-state index in [0.29, 0.717) is 23.8 Å². The van der Waals surface area contributed by atoms with Gasteiger partial charge in [-0.25, -0.2) is 9.78 Å². The zero-order valence-corrected chi connectivity index (χ0v) is 22.6. The van der Waals surface area contributed by atoms with Crippen LogP contribution in [0.5, 0.6) is 5.75 Å². The molecule has 0 saturated carbocycles. The molecule has 0 aliphatic heterocycles. The molecule has 0 bridgehead atoms. The molecule has 4 rings (SSSR count). The fourth-order valence-corrected chi connectivity index (χ4v) is 4.47. The third-order valence-corrected chi connectivity index (χ3v) is 6.73. The van der Waals surface area contributed by atoms with Gasteiger partial charge in [0.1, 0.15) is 11.6 Å². The number of hydrogen-bond acceptors (Lipinski definition) is 4. The Balaban J connectivity index is 1.55. The molecule has 1 amide bonds. The number of aryl methyl sites for hydroxylation is 1. The molecule has 2 N–H and O–H groups in total. The summed E-state index contributed by atoms with van der Waals surface area (Å²) in [6.45, 7) is 10.4. The number of carboxylic acid groups (broad SMARTS) is 1. The van der Waals surface area contributed by atoms with Gasteiger partial charge < -0.3 is 19.7 Å². The molecule has 38 heavy (non-hydrogen) atoms. The van der Waals surface area contributed by atoms with E-state index in [1.165, 1.54) is 12.5 Å². The van der Waals surface area contributed by atoms with Crippen LogP contribution in [0.1, 0.15) is 79.5 Å². The number of nitrogens with one attached hydrogen (secondary N) is 1. The van der Waals surface area contributed by atoms with E-state index >= 15 is 0 Å². The molecule has 1 aromatic heterocycles. The quantitative estimate of drug-likeness (QED) is 0.267. The lowest BCUT2D eigenvalue weighted by Crippen LogP contribution is -2.26. The van der Waals surface area contributed by atoms with E-state index in [1.54, 1.807) is 6.07 Å². The minimum atomic E-state index is -1.01. The van der Waals surface area contributed by atoms with E-state index in [9.17, 15) is 9.59 Å². The molecule has 2 atom stereocenters. The Labute approximate surface area is 223 Å². The van der Waals surface area contributed by atoms with Gasteiger partial charge >= 0.3 is 5.97 Å². The maximum absolute atomic E-state index is 13.1. The fourth-order valence-electron chi connectivity index (χ4n) is 4.47. The molecule has 0 aliphatic carbocycles. The molecule has 0 fully saturated rings. The Morgan fingerprint density at radius 3 is 2.42 bits per heavy atom. The van der Waals surface area contributed by atoms with Gasteiger partial charge in [-0.05, 0) is 66.8 Å². The summed E-state index contributed by atoms with van der Waals surface area (Å²) in [5.74, 6) is 0.682. The van der Waals surface area contributed by atoms with Crippen molar-refractivity contribution in [3.05, 3.63) is 94.8 Å². The summed E-state index contributed by atoms with van der Waals surface area (Å²) in [4.78, 5) is 29.1. The van der Waals surface area contributed by atoms with Crippen LogP contribution in [0.15, 0.2) is 66.7 Å². The SMILES string of the molecule is CCc1nc2cc(C(=O)N[C@@H](C)c3cccc(C(C)C)c3)ccc2n1Cc1cccc(O[C@@H](C)C(=O)O)c1. The van der Waals surface area contributed by atoms with Crippen molar-refractivity contribution in [3.8, 4) is 5.75 Å². The van der Waals surface area contributed by atoms with E-state index in [-0.39, 0.29) is 11.9 Å². The van der Waals surface area contributed by atoms with Crippen LogP contribution in [0.25, 0.3) is 11.0 Å². The van der Waals surface area contributed by atoms with Crippen molar-refractivity contribution in [1.82, 2.24) is 14.9 Å². The standard InChI is InChI=1S/C31H35N3O4/c1-6-29-33-27-17-25(30(35)32-20(4)24-11-8-10-23(16-24)19(2)3)13-14-28(27)34(29)18-22-9-7-12-26(15-22)38-21(5)31(36)37/h7-17,19-21H,6,18H2,1-5H3,(H,32,35)(H,36,37)/t20-,21-/m0/s1. The summed E-state index contributed by atoms with van der Waals surface area (Å²) in [5.41, 5.74) is 5.54. The highest BCUT2D eigenvalue weighted by Gasteiger charge is 2.17. The van der Waals surface area contributed by atoms with Crippen molar-refractivity contribution in [2.45, 2.75) is 65.6 Å². The van der Waals surface area contributed by atoms with Crippen molar-refractivity contribution < 1.29 is 19.4 Å². The van der Waals surface area contributed by atoms with Crippen LogP contribution in [0.4, 0.5) is 0 Å². The molecular weight excluding hydrogens is 478 g/mol. The predicted molar refractivity (Wildman–Crippen MR) is 149 cm³/mol. The topological polar surface area (TPSA) is 93.5 Å². The number of aromatic nitrogens is 2. The Hall–Kier alpha value is -4.13. The average Bonchev–Trinajstić information content (AvgIpc) is 3.25. The highest BCUT2D eigenvalue weighted by Crippen LogP contribution is 2.24. The zero-order chi connectivity index (χ0) is 27.4. The average molecular weight is 514 g/mol. The first-order valence-electron chi connectivity index (χ1n) is 13.0. The minimum absolute atomic E-state index is 0.126. The Morgan fingerprint density at radius 1 is 0.974 bits per heavy atom. The molecule has 1 heterocycles. The highest BCUT2D eigenvalue weighted by atomic mass is 16.5. The number of aliphatic carboxylic acids is 1. The van der Waals surface area contributed by atoms with Gasteiger partial charge in [0.2, 0.25) is 0 Å². The van der Waals surface area contributed by atoms with Gasteiger partial charge in [-0.1, -0.05) is 57.2 Å². The van der Waals surface area contributed by atoms with Gasteiger partial charge in [0, 0.05) is 18.5 Å². The molecule has 198 valence electrons.